The van der Waals surface area contributed by atoms with Crippen LogP contribution in [0.3, 0.4) is 0 Å². The first-order valence-corrected chi connectivity index (χ1v) is 8.76. The number of benzene rings is 2. The maximum absolute atomic E-state index is 12.7. The van der Waals surface area contributed by atoms with Crippen molar-refractivity contribution < 1.29 is 9.90 Å². The normalized spacial score (nSPS) is 18.4. The van der Waals surface area contributed by atoms with E-state index in [2.05, 4.69) is 11.8 Å². The maximum Gasteiger partial charge on any atom is 0.318 e. The van der Waals surface area contributed by atoms with E-state index in [-0.39, 0.29) is 18.3 Å². The molecular formula is C21H26ClNO2. The van der Waals surface area contributed by atoms with Gasteiger partial charge >= 0.3 is 5.97 Å². The van der Waals surface area contributed by atoms with Crippen molar-refractivity contribution in [2.75, 3.05) is 19.6 Å². The highest BCUT2D eigenvalue weighted by atomic mass is 35.5. The van der Waals surface area contributed by atoms with Gasteiger partial charge in [0.15, 0.2) is 0 Å². The molecule has 0 radical (unpaired) electrons. The summed E-state index contributed by atoms with van der Waals surface area (Å²) in [6.45, 7) is 5.00. The Morgan fingerprint density at radius 2 is 1.60 bits per heavy atom. The Kier molecular flexibility index (Phi) is 6.63. The number of hydrogen-bond acceptors (Lipinski definition) is 2. The minimum atomic E-state index is -0.990. The molecule has 0 spiro atoms. The molecule has 0 bridgehead atoms. The second-order valence-corrected chi connectivity index (χ2v) is 6.58. The molecule has 1 fully saturated rings. The average molecular weight is 360 g/mol. The third kappa shape index (κ3) is 3.58. The van der Waals surface area contributed by atoms with Gasteiger partial charge in [-0.2, -0.15) is 0 Å². The van der Waals surface area contributed by atoms with Crippen LogP contribution in [0.5, 0.6) is 0 Å². The van der Waals surface area contributed by atoms with E-state index in [0.717, 1.165) is 43.6 Å². The second kappa shape index (κ2) is 8.50. The third-order valence-corrected chi connectivity index (χ3v) is 5.36. The zero-order valence-corrected chi connectivity index (χ0v) is 15.4. The van der Waals surface area contributed by atoms with E-state index in [1.165, 1.54) is 0 Å². The van der Waals surface area contributed by atoms with Gasteiger partial charge < -0.3 is 10.0 Å². The van der Waals surface area contributed by atoms with Crippen molar-refractivity contribution in [2.45, 2.75) is 25.2 Å². The summed E-state index contributed by atoms with van der Waals surface area (Å²) in [5.41, 5.74) is 0.773. The summed E-state index contributed by atoms with van der Waals surface area (Å²) in [6.07, 6.45) is 1.99. The quantitative estimate of drug-likeness (QED) is 0.869. The first-order valence-electron chi connectivity index (χ1n) is 8.76. The number of aliphatic carboxylic acids is 1. The number of hydrogen-bond donors (Lipinski definition) is 1. The van der Waals surface area contributed by atoms with Gasteiger partial charge in [0.1, 0.15) is 5.41 Å². The van der Waals surface area contributed by atoms with Gasteiger partial charge in [0.05, 0.1) is 0 Å². The molecule has 134 valence electrons. The monoisotopic (exact) mass is 359 g/mol. The van der Waals surface area contributed by atoms with Gasteiger partial charge in [-0.25, -0.2) is 0 Å². The van der Waals surface area contributed by atoms with Gasteiger partial charge in [0, 0.05) is 6.54 Å². The molecule has 1 aliphatic rings. The van der Waals surface area contributed by atoms with Crippen LogP contribution in [0.2, 0.25) is 0 Å². The van der Waals surface area contributed by atoms with Gasteiger partial charge in [-0.15, -0.1) is 12.4 Å². The smallest absolute Gasteiger partial charge is 0.318 e. The number of carboxylic acids is 1. The van der Waals surface area contributed by atoms with E-state index in [9.17, 15) is 9.90 Å². The van der Waals surface area contributed by atoms with Crippen molar-refractivity contribution in [3.63, 3.8) is 0 Å². The van der Waals surface area contributed by atoms with Crippen LogP contribution < -0.4 is 0 Å². The van der Waals surface area contributed by atoms with Crippen LogP contribution in [0.15, 0.2) is 60.7 Å². The van der Waals surface area contributed by atoms with E-state index in [4.69, 9.17) is 0 Å². The number of carbonyl (C=O) groups is 1. The molecule has 3 nitrogen and oxygen atoms in total. The van der Waals surface area contributed by atoms with Crippen molar-refractivity contribution in [3.8, 4) is 0 Å². The summed E-state index contributed by atoms with van der Waals surface area (Å²) in [7, 11) is 0. The molecule has 25 heavy (non-hydrogen) atoms. The molecule has 3 rings (SSSR count). The minimum absolute atomic E-state index is 0. The first-order chi connectivity index (χ1) is 11.7. The summed E-state index contributed by atoms with van der Waals surface area (Å²) >= 11 is 0. The molecule has 0 saturated carbocycles. The molecule has 2 aromatic rings. The van der Waals surface area contributed by atoms with E-state index < -0.39 is 11.4 Å². The average Bonchev–Trinajstić information content (AvgIpc) is 2.64. The molecule has 1 atom stereocenters. The first kappa shape index (κ1) is 19.5. The lowest BCUT2D eigenvalue weighted by Crippen LogP contribution is -2.51. The number of nitrogens with zero attached hydrogens (tertiary/aromatic N) is 1. The van der Waals surface area contributed by atoms with Gasteiger partial charge in [-0.1, -0.05) is 67.6 Å². The van der Waals surface area contributed by atoms with Crippen molar-refractivity contribution >= 4 is 18.4 Å². The molecule has 2 aromatic carbocycles. The van der Waals surface area contributed by atoms with Gasteiger partial charge in [-0.3, -0.25) is 4.79 Å². The molecule has 0 aliphatic carbocycles. The van der Waals surface area contributed by atoms with E-state index in [1.807, 2.05) is 60.7 Å². The standard InChI is InChI=1S/C21H25NO2.ClH/c1-2-22-15-9-14-19(16-22)21(20(23)24,17-10-5-3-6-11-17)18-12-7-4-8-13-18;/h3-8,10-13,19H,2,9,14-16H2,1H3,(H,23,24);1H. The van der Waals surface area contributed by atoms with Gasteiger partial charge in [0.2, 0.25) is 0 Å². The molecule has 1 heterocycles. The molecule has 1 unspecified atom stereocenters. The van der Waals surface area contributed by atoms with Crippen LogP contribution in [-0.2, 0) is 10.2 Å². The zero-order chi connectivity index (χ0) is 17.0. The molecule has 1 N–H and O–H groups in total. The highest BCUT2D eigenvalue weighted by Gasteiger charge is 2.49. The van der Waals surface area contributed by atoms with Crippen molar-refractivity contribution in [2.24, 2.45) is 5.92 Å². The Bertz CT molecular complexity index is 635. The number of piperidine rings is 1. The van der Waals surface area contributed by atoms with Crippen molar-refractivity contribution in [1.82, 2.24) is 4.90 Å². The highest BCUT2D eigenvalue weighted by Crippen LogP contribution is 2.43. The number of halogens is 1. The molecule has 1 saturated heterocycles. The second-order valence-electron chi connectivity index (χ2n) is 6.58. The summed E-state index contributed by atoms with van der Waals surface area (Å²) in [6, 6.07) is 19.5. The molecular weight excluding hydrogens is 334 g/mol. The van der Waals surface area contributed by atoms with Crippen LogP contribution in [-0.4, -0.2) is 35.6 Å². The number of carboxylic acid groups (broad SMARTS) is 1. The van der Waals surface area contributed by atoms with Gasteiger partial charge in [-0.05, 0) is 43.0 Å². The number of likely N-dealkylation sites (tertiary alicyclic amines) is 1. The Labute approximate surface area is 156 Å². The van der Waals surface area contributed by atoms with E-state index >= 15 is 0 Å². The molecule has 0 amide bonds. The Morgan fingerprint density at radius 1 is 1.08 bits per heavy atom. The lowest BCUT2D eigenvalue weighted by Gasteiger charge is -2.43. The third-order valence-electron chi connectivity index (χ3n) is 5.36. The van der Waals surface area contributed by atoms with Crippen LogP contribution in [0.25, 0.3) is 0 Å². The zero-order valence-electron chi connectivity index (χ0n) is 14.6. The molecule has 0 aromatic heterocycles. The summed E-state index contributed by atoms with van der Waals surface area (Å²) in [4.78, 5) is 15.1. The predicted octanol–water partition coefficient (Wildman–Crippen LogP) is 4.21. The van der Waals surface area contributed by atoms with Crippen LogP contribution in [0.1, 0.15) is 30.9 Å². The number of rotatable bonds is 5. The Balaban J connectivity index is 0.00000225. The van der Waals surface area contributed by atoms with Crippen molar-refractivity contribution in [3.05, 3.63) is 71.8 Å². The molecule has 1 aliphatic heterocycles. The van der Waals surface area contributed by atoms with Gasteiger partial charge in [0.25, 0.3) is 0 Å². The fourth-order valence-corrected chi connectivity index (χ4v) is 4.16. The summed E-state index contributed by atoms with van der Waals surface area (Å²) in [5.74, 6) is -0.684. The largest absolute Gasteiger partial charge is 0.480 e. The fraction of sp³-hybridized carbons (Fsp3) is 0.381. The highest BCUT2D eigenvalue weighted by molar-refractivity contribution is 5.86. The topological polar surface area (TPSA) is 40.5 Å². The Hall–Kier alpha value is -1.84. The van der Waals surface area contributed by atoms with E-state index in [1.54, 1.807) is 0 Å². The van der Waals surface area contributed by atoms with Crippen molar-refractivity contribution in [1.29, 1.82) is 0 Å². The molecule has 4 heteroatoms. The maximum atomic E-state index is 12.7. The van der Waals surface area contributed by atoms with Crippen LogP contribution in [0, 0.1) is 5.92 Å². The lowest BCUT2D eigenvalue weighted by atomic mass is 9.63. The fourth-order valence-electron chi connectivity index (χ4n) is 4.16. The summed E-state index contributed by atoms with van der Waals surface area (Å²) < 4.78 is 0. The van der Waals surface area contributed by atoms with Crippen LogP contribution >= 0.6 is 12.4 Å². The van der Waals surface area contributed by atoms with E-state index in [0.29, 0.717) is 0 Å². The summed E-state index contributed by atoms with van der Waals surface area (Å²) in [5, 5.41) is 10.4. The lowest BCUT2D eigenvalue weighted by molar-refractivity contribution is -0.145. The van der Waals surface area contributed by atoms with Crippen LogP contribution in [0.4, 0.5) is 0 Å². The predicted molar refractivity (Wildman–Crippen MR) is 103 cm³/mol. The Morgan fingerprint density at radius 3 is 2.04 bits per heavy atom. The minimum Gasteiger partial charge on any atom is -0.480 e. The SMILES string of the molecule is CCN1CCCC(C(C(=O)O)(c2ccccc2)c2ccccc2)C1.Cl.